The monoisotopic (exact) mass is 731 g/mol. The van der Waals surface area contributed by atoms with E-state index in [-0.39, 0.29) is 14.5 Å². The first-order chi connectivity index (χ1) is 25.7. The molecule has 10 rings (SSSR count). The van der Waals surface area contributed by atoms with Crippen LogP contribution in [-0.2, 0) is 6.42 Å². The molecule has 0 atom stereocenters. The van der Waals surface area contributed by atoms with Gasteiger partial charge < -0.3 is 0 Å². The second-order valence-electron chi connectivity index (χ2n) is 13.7. The first-order valence-corrected chi connectivity index (χ1v) is 19.5. The Hall–Kier alpha value is -5.93. The first kappa shape index (κ1) is 30.9. The summed E-state index contributed by atoms with van der Waals surface area (Å²) in [5.41, 5.74) is 18.8. The van der Waals surface area contributed by atoms with Crippen LogP contribution in [-0.4, -0.2) is 29.9 Å². The van der Waals surface area contributed by atoms with E-state index in [1.807, 2.05) is 0 Å². The molecule has 0 fully saturated rings. The number of rotatable bonds is 5. The molecule has 0 amide bonds. The molecule has 7 aromatic carbocycles. The summed E-state index contributed by atoms with van der Waals surface area (Å²) in [6.07, 6.45) is 0.907. The Kier molecular flexibility index (Phi) is 7.35. The number of aryl methyl sites for hydroxylation is 1. The molecule has 1 aliphatic rings. The molecule has 0 saturated heterocycles. The molecule has 246 valence electrons. The van der Waals surface area contributed by atoms with Crippen molar-refractivity contribution in [1.82, 2.24) is 15.4 Å². The normalized spacial score (nSPS) is 12.0. The summed E-state index contributed by atoms with van der Waals surface area (Å²) in [4.78, 5) is 0. The van der Waals surface area contributed by atoms with Gasteiger partial charge in [-0.1, -0.05) is 12.1 Å². The maximum atomic E-state index is 5.07. The van der Waals surface area contributed by atoms with Gasteiger partial charge in [0.25, 0.3) is 0 Å². The Labute approximate surface area is 309 Å². The SMILES string of the molecule is Cc1cc2c(c(-c3ccccc3-c3c(-c4ccccc4)nnnc3-c3c(-c4ccccc4)ccc4[se]c5ccccc5c34)c1C)Cc1ccccc1-2. The summed E-state index contributed by atoms with van der Waals surface area (Å²) in [5.74, 6) is 0. The minimum absolute atomic E-state index is 0.185. The predicted molar refractivity (Wildman–Crippen MR) is 217 cm³/mol. The van der Waals surface area contributed by atoms with Crippen LogP contribution in [0.15, 0.2) is 152 Å². The molecule has 2 heterocycles. The van der Waals surface area contributed by atoms with Crippen LogP contribution in [0.1, 0.15) is 22.3 Å². The summed E-state index contributed by atoms with van der Waals surface area (Å²) in [5, 5.41) is 17.1. The van der Waals surface area contributed by atoms with Crippen LogP contribution in [0.2, 0.25) is 0 Å². The molecule has 0 N–H and O–H groups in total. The van der Waals surface area contributed by atoms with Gasteiger partial charge in [-0.15, -0.1) is 0 Å². The fraction of sp³-hybridized carbons (Fsp3) is 0.0625. The van der Waals surface area contributed by atoms with E-state index in [1.165, 1.54) is 63.8 Å². The molecule has 1 aliphatic carbocycles. The minimum atomic E-state index is 0.185. The van der Waals surface area contributed by atoms with Crippen LogP contribution in [0.4, 0.5) is 0 Å². The van der Waals surface area contributed by atoms with E-state index >= 15 is 0 Å². The zero-order valence-electron chi connectivity index (χ0n) is 28.9. The number of hydrogen-bond acceptors (Lipinski definition) is 3. The van der Waals surface area contributed by atoms with E-state index in [1.54, 1.807) is 0 Å². The molecule has 0 bridgehead atoms. The van der Waals surface area contributed by atoms with Gasteiger partial charge in [0, 0.05) is 0 Å². The van der Waals surface area contributed by atoms with Crippen LogP contribution in [0.25, 0.3) is 86.3 Å². The molecular weight excluding hydrogens is 698 g/mol. The Bertz CT molecular complexity index is 2840. The zero-order valence-corrected chi connectivity index (χ0v) is 30.6. The van der Waals surface area contributed by atoms with Crippen molar-refractivity contribution in [3.63, 3.8) is 0 Å². The summed E-state index contributed by atoms with van der Waals surface area (Å²) in [6.45, 7) is 4.53. The number of nitrogens with zero attached hydrogens (tertiary/aromatic N) is 3. The molecule has 3 nitrogen and oxygen atoms in total. The number of fused-ring (bicyclic) bond motifs is 6. The first-order valence-electron chi connectivity index (χ1n) is 17.8. The quantitative estimate of drug-likeness (QED) is 0.166. The van der Waals surface area contributed by atoms with E-state index in [2.05, 4.69) is 171 Å². The van der Waals surface area contributed by atoms with Gasteiger partial charge in [-0.2, -0.15) is 0 Å². The van der Waals surface area contributed by atoms with Crippen molar-refractivity contribution < 1.29 is 0 Å². The Morgan fingerprint density at radius 1 is 0.481 bits per heavy atom. The van der Waals surface area contributed by atoms with Crippen molar-refractivity contribution in [1.29, 1.82) is 0 Å². The van der Waals surface area contributed by atoms with Crippen molar-refractivity contribution in [2.75, 3.05) is 0 Å². The van der Waals surface area contributed by atoms with Crippen LogP contribution < -0.4 is 0 Å². The van der Waals surface area contributed by atoms with E-state index < -0.39 is 0 Å². The average Bonchev–Trinajstić information content (AvgIpc) is 3.77. The average molecular weight is 731 g/mol. The molecule has 52 heavy (non-hydrogen) atoms. The van der Waals surface area contributed by atoms with Crippen molar-refractivity contribution in [3.8, 4) is 67.0 Å². The molecule has 0 unspecified atom stereocenters. The summed E-state index contributed by atoms with van der Waals surface area (Å²) in [7, 11) is 0. The molecule has 0 spiro atoms. The third-order valence-electron chi connectivity index (χ3n) is 10.8. The fourth-order valence-electron chi connectivity index (χ4n) is 8.28. The van der Waals surface area contributed by atoms with Crippen LogP contribution in [0, 0.1) is 13.8 Å². The summed E-state index contributed by atoms with van der Waals surface area (Å²) < 4.78 is 2.77. The van der Waals surface area contributed by atoms with Crippen LogP contribution in [0.5, 0.6) is 0 Å². The molecule has 4 heteroatoms. The van der Waals surface area contributed by atoms with Gasteiger partial charge in [0.05, 0.1) is 0 Å². The number of hydrogen-bond donors (Lipinski definition) is 0. The van der Waals surface area contributed by atoms with Gasteiger partial charge in [0.15, 0.2) is 0 Å². The van der Waals surface area contributed by atoms with Crippen LogP contribution in [0.3, 0.4) is 0 Å². The third kappa shape index (κ3) is 4.83. The van der Waals surface area contributed by atoms with Gasteiger partial charge in [-0.05, 0) is 0 Å². The van der Waals surface area contributed by atoms with Gasteiger partial charge >= 0.3 is 298 Å². The molecular formula is C48H33N3Se. The zero-order chi connectivity index (χ0) is 34.8. The Balaban J connectivity index is 1.35. The van der Waals surface area contributed by atoms with Crippen molar-refractivity contribution in [3.05, 3.63) is 174 Å². The number of benzene rings is 7. The van der Waals surface area contributed by atoms with Crippen molar-refractivity contribution in [2.24, 2.45) is 0 Å². The van der Waals surface area contributed by atoms with Gasteiger partial charge in [0.1, 0.15) is 0 Å². The van der Waals surface area contributed by atoms with E-state index in [0.29, 0.717) is 0 Å². The van der Waals surface area contributed by atoms with Gasteiger partial charge in [-0.25, -0.2) is 0 Å². The molecule has 0 saturated carbocycles. The second-order valence-corrected chi connectivity index (χ2v) is 15.9. The van der Waals surface area contributed by atoms with E-state index in [4.69, 9.17) is 10.2 Å². The van der Waals surface area contributed by atoms with Crippen molar-refractivity contribution in [2.45, 2.75) is 20.3 Å². The standard InChI is InChI=1S/C48H33N3Se/c1-29-27-39-34-20-10-9-19-33(34)28-40(39)43(30(29)2)36-21-11-12-22-37(36)46-47(32-17-7-4-8-18-32)49-51-50-48(46)45-35(31-15-5-3-6-16-31)25-26-42-44(45)38-23-13-14-24-41(38)52-42/h3-27H,28H2,1-2H3. The summed E-state index contributed by atoms with van der Waals surface area (Å²) >= 11 is 0.185. The van der Waals surface area contributed by atoms with E-state index in [9.17, 15) is 0 Å². The molecule has 0 aliphatic heterocycles. The molecule has 0 radical (unpaired) electrons. The topological polar surface area (TPSA) is 38.7 Å². The van der Waals surface area contributed by atoms with Gasteiger partial charge in [0.2, 0.25) is 0 Å². The molecule has 2 aromatic heterocycles. The second kappa shape index (κ2) is 12.4. The van der Waals surface area contributed by atoms with Crippen LogP contribution >= 0.6 is 0 Å². The Morgan fingerprint density at radius 2 is 1.12 bits per heavy atom. The Morgan fingerprint density at radius 3 is 1.90 bits per heavy atom. The summed E-state index contributed by atoms with van der Waals surface area (Å²) in [6, 6.07) is 54.9. The molecule has 9 aromatic rings. The number of aromatic nitrogens is 3. The van der Waals surface area contributed by atoms with Gasteiger partial charge in [-0.3, -0.25) is 0 Å². The maximum absolute atomic E-state index is 5.07. The fourth-order valence-corrected chi connectivity index (χ4v) is 10.6. The van der Waals surface area contributed by atoms with E-state index in [0.717, 1.165) is 51.2 Å². The third-order valence-corrected chi connectivity index (χ3v) is 13.2. The predicted octanol–water partition coefficient (Wildman–Crippen LogP) is 11.8. The van der Waals surface area contributed by atoms with Crippen molar-refractivity contribution >= 4 is 33.8 Å².